The van der Waals surface area contributed by atoms with Crippen LogP contribution in [0.15, 0.2) is 12.4 Å². The fourth-order valence-electron chi connectivity index (χ4n) is 0.952. The summed E-state index contributed by atoms with van der Waals surface area (Å²) in [6.45, 7) is 1.89. The van der Waals surface area contributed by atoms with Gasteiger partial charge in [0.2, 0.25) is 4.77 Å². The van der Waals surface area contributed by atoms with Gasteiger partial charge in [-0.15, -0.1) is 0 Å². The van der Waals surface area contributed by atoms with Crippen LogP contribution in [0.5, 0.6) is 0 Å². The number of nitrogens with zero attached hydrogens (tertiary/aromatic N) is 3. The molecule has 0 saturated heterocycles. The smallest absolute Gasteiger partial charge is 0.220 e. The van der Waals surface area contributed by atoms with Gasteiger partial charge >= 0.3 is 0 Å². The van der Waals surface area contributed by atoms with Gasteiger partial charge in [-0.2, -0.15) is 0 Å². The van der Waals surface area contributed by atoms with Gasteiger partial charge in [-0.05, 0) is 19.1 Å². The van der Waals surface area contributed by atoms with E-state index in [2.05, 4.69) is 15.1 Å². The molecule has 0 aliphatic heterocycles. The molecule has 0 aromatic carbocycles. The minimum absolute atomic E-state index is 0.512. The molecule has 0 amide bonds. The van der Waals surface area contributed by atoms with E-state index in [1.807, 2.05) is 13.0 Å². The lowest BCUT2D eigenvalue weighted by molar-refractivity contribution is 0.889. The first-order valence-corrected chi connectivity index (χ1v) is 3.58. The lowest BCUT2D eigenvalue weighted by atomic mass is 10.4. The fourth-order valence-corrected chi connectivity index (χ4v) is 1.24. The Morgan fingerprint density at radius 1 is 1.64 bits per heavy atom. The van der Waals surface area contributed by atoms with Crippen LogP contribution in [0.4, 0.5) is 0 Å². The highest BCUT2D eigenvalue weighted by atomic mass is 32.1. The summed E-state index contributed by atoms with van der Waals surface area (Å²) >= 11 is 4.98. The summed E-state index contributed by atoms with van der Waals surface area (Å²) in [7, 11) is 0. The molecule has 4 nitrogen and oxygen atoms in total. The van der Waals surface area contributed by atoms with Crippen LogP contribution in [0.1, 0.15) is 5.69 Å². The minimum Gasteiger partial charge on any atom is -0.280 e. The first kappa shape index (κ1) is 6.48. The monoisotopic (exact) mass is 166 g/mol. The molecule has 0 radical (unpaired) electrons. The second kappa shape index (κ2) is 2.13. The third-order valence-corrected chi connectivity index (χ3v) is 1.69. The molecule has 2 heterocycles. The maximum Gasteiger partial charge on any atom is 0.220 e. The van der Waals surface area contributed by atoms with Crippen LogP contribution >= 0.6 is 12.2 Å². The second-order valence-corrected chi connectivity index (χ2v) is 2.63. The van der Waals surface area contributed by atoms with Crippen LogP contribution in [-0.2, 0) is 0 Å². The molecule has 5 heteroatoms. The van der Waals surface area contributed by atoms with Gasteiger partial charge in [0.15, 0.2) is 5.65 Å². The van der Waals surface area contributed by atoms with Crippen molar-refractivity contribution >= 4 is 17.9 Å². The van der Waals surface area contributed by atoms with Gasteiger partial charge in [-0.25, -0.2) is 14.5 Å². The largest absolute Gasteiger partial charge is 0.280 e. The molecule has 0 atom stereocenters. The van der Waals surface area contributed by atoms with Gasteiger partial charge in [0.05, 0.1) is 0 Å². The predicted octanol–water partition coefficient (Wildman–Crippen LogP) is 1.10. The van der Waals surface area contributed by atoms with Crippen molar-refractivity contribution in [2.45, 2.75) is 6.92 Å². The molecule has 2 rings (SSSR count). The average Bonchev–Trinajstić information content (AvgIpc) is 2.34. The van der Waals surface area contributed by atoms with Crippen molar-refractivity contribution in [1.29, 1.82) is 0 Å². The summed E-state index contributed by atoms with van der Waals surface area (Å²) in [5.41, 5.74) is 1.70. The molecule has 2 aromatic rings. The molecule has 56 valence electrons. The van der Waals surface area contributed by atoms with Gasteiger partial charge in [0, 0.05) is 11.8 Å². The molecule has 0 saturated carbocycles. The van der Waals surface area contributed by atoms with Gasteiger partial charge in [0.1, 0.15) is 6.33 Å². The standard InChI is InChI=1S/C6H6N4S/c1-4-2-5-7-3-8-10(5)6(11)9-4/h2-3H,1H3,(H,7,8). The van der Waals surface area contributed by atoms with E-state index in [1.54, 1.807) is 10.8 Å². The number of nitrogens with one attached hydrogen (secondary N) is 1. The average molecular weight is 166 g/mol. The van der Waals surface area contributed by atoms with Crippen molar-refractivity contribution < 1.29 is 0 Å². The van der Waals surface area contributed by atoms with E-state index in [0.29, 0.717) is 4.77 Å². The zero-order chi connectivity index (χ0) is 7.84. The van der Waals surface area contributed by atoms with Crippen molar-refractivity contribution in [3.8, 4) is 0 Å². The molecule has 0 aliphatic carbocycles. The van der Waals surface area contributed by atoms with Gasteiger partial charge in [-0.3, -0.25) is 5.10 Å². The van der Waals surface area contributed by atoms with E-state index < -0.39 is 0 Å². The molecule has 0 spiro atoms. The van der Waals surface area contributed by atoms with E-state index in [4.69, 9.17) is 12.2 Å². The van der Waals surface area contributed by atoms with E-state index >= 15 is 0 Å². The SMILES string of the molecule is Cc1cc2nc[nH]n2c(=S)n1. The predicted molar refractivity (Wildman–Crippen MR) is 42.9 cm³/mol. The zero-order valence-electron chi connectivity index (χ0n) is 5.90. The maximum atomic E-state index is 4.98. The van der Waals surface area contributed by atoms with E-state index in [1.165, 1.54) is 0 Å². The Balaban J connectivity index is 3.02. The number of aromatic amines is 1. The Bertz CT molecular complexity index is 441. The lowest BCUT2D eigenvalue weighted by Crippen LogP contribution is -1.93. The number of rotatable bonds is 0. The van der Waals surface area contributed by atoms with Crippen LogP contribution in [0.3, 0.4) is 0 Å². The van der Waals surface area contributed by atoms with Crippen LogP contribution in [-0.4, -0.2) is 19.6 Å². The highest BCUT2D eigenvalue weighted by Crippen LogP contribution is 1.99. The Kier molecular flexibility index (Phi) is 1.25. The second-order valence-electron chi connectivity index (χ2n) is 2.26. The van der Waals surface area contributed by atoms with Crippen molar-refractivity contribution in [1.82, 2.24) is 19.6 Å². The minimum atomic E-state index is 0.512. The normalized spacial score (nSPS) is 10.6. The first-order valence-electron chi connectivity index (χ1n) is 3.17. The maximum absolute atomic E-state index is 4.98. The molecule has 0 bridgehead atoms. The molecule has 0 unspecified atom stereocenters. The summed E-state index contributed by atoms with van der Waals surface area (Å²) in [5, 5.41) is 2.85. The number of hydrogen-bond donors (Lipinski definition) is 1. The topological polar surface area (TPSA) is 46.0 Å². The summed E-state index contributed by atoms with van der Waals surface area (Å²) in [6, 6.07) is 1.87. The molecule has 2 aromatic heterocycles. The van der Waals surface area contributed by atoms with E-state index in [9.17, 15) is 0 Å². The third-order valence-electron chi connectivity index (χ3n) is 1.41. The quantitative estimate of drug-likeness (QED) is 0.596. The number of fused-ring (bicyclic) bond motifs is 1. The third kappa shape index (κ3) is 0.932. The van der Waals surface area contributed by atoms with Crippen LogP contribution in [0.2, 0.25) is 0 Å². The zero-order valence-corrected chi connectivity index (χ0v) is 6.72. The first-order chi connectivity index (χ1) is 5.27. The number of hydrogen-bond acceptors (Lipinski definition) is 3. The Morgan fingerprint density at radius 2 is 2.45 bits per heavy atom. The van der Waals surface area contributed by atoms with Gasteiger partial charge in [0.25, 0.3) is 0 Å². The van der Waals surface area contributed by atoms with Gasteiger partial charge in [-0.1, -0.05) is 0 Å². The summed E-state index contributed by atoms with van der Waals surface area (Å²) in [5.74, 6) is 0. The lowest BCUT2D eigenvalue weighted by Gasteiger charge is -1.92. The highest BCUT2D eigenvalue weighted by Gasteiger charge is 1.95. The number of H-pyrrole nitrogens is 1. The number of aromatic nitrogens is 4. The molecular formula is C6H6N4S. The summed E-state index contributed by atoms with van der Waals surface area (Å²) < 4.78 is 2.17. The van der Waals surface area contributed by atoms with E-state index in [0.717, 1.165) is 11.3 Å². The molecule has 0 fully saturated rings. The Morgan fingerprint density at radius 3 is 3.27 bits per heavy atom. The molecule has 1 N–H and O–H groups in total. The summed E-state index contributed by atoms with van der Waals surface area (Å²) in [4.78, 5) is 8.12. The van der Waals surface area contributed by atoms with Crippen LogP contribution in [0.25, 0.3) is 5.65 Å². The Hall–Kier alpha value is -1.23. The fraction of sp³-hybridized carbons (Fsp3) is 0.167. The summed E-state index contributed by atoms with van der Waals surface area (Å²) in [6.07, 6.45) is 1.59. The van der Waals surface area contributed by atoms with Gasteiger partial charge < -0.3 is 0 Å². The van der Waals surface area contributed by atoms with Crippen molar-refractivity contribution in [3.05, 3.63) is 22.9 Å². The van der Waals surface area contributed by atoms with Crippen LogP contribution < -0.4 is 0 Å². The van der Waals surface area contributed by atoms with Crippen LogP contribution in [0, 0.1) is 11.7 Å². The molecule has 11 heavy (non-hydrogen) atoms. The highest BCUT2D eigenvalue weighted by molar-refractivity contribution is 7.71. The molecular weight excluding hydrogens is 160 g/mol. The van der Waals surface area contributed by atoms with Crippen molar-refractivity contribution in [2.24, 2.45) is 0 Å². The molecule has 0 aliphatic rings. The van der Waals surface area contributed by atoms with E-state index in [-0.39, 0.29) is 0 Å². The Labute approximate surface area is 67.9 Å². The van der Waals surface area contributed by atoms with Crippen molar-refractivity contribution in [2.75, 3.05) is 0 Å². The number of aryl methyl sites for hydroxylation is 1. The van der Waals surface area contributed by atoms with Crippen molar-refractivity contribution in [3.63, 3.8) is 0 Å².